The van der Waals surface area contributed by atoms with E-state index in [1.54, 1.807) is 0 Å². The Labute approximate surface area is 331 Å². The van der Waals surface area contributed by atoms with Crippen molar-refractivity contribution in [3.63, 3.8) is 0 Å². The van der Waals surface area contributed by atoms with Gasteiger partial charge in [0.15, 0.2) is 5.82 Å². The molecule has 57 heavy (non-hydrogen) atoms. The van der Waals surface area contributed by atoms with Gasteiger partial charge < -0.3 is 0 Å². The average Bonchev–Trinajstić information content (AvgIpc) is 3.76. The molecule has 1 heterocycles. The van der Waals surface area contributed by atoms with Gasteiger partial charge in [0.05, 0.1) is 28.4 Å². The van der Waals surface area contributed by atoms with Crippen LogP contribution in [0.25, 0.3) is 78.4 Å². The summed E-state index contributed by atoms with van der Waals surface area (Å²) in [6.45, 7) is 0. The highest BCUT2D eigenvalue weighted by Gasteiger charge is 2.51. The molecule has 9 aromatic rings. The van der Waals surface area contributed by atoms with E-state index in [1.165, 1.54) is 44.5 Å². The Bertz CT molecular complexity index is 3050. The largest absolute Gasteiger partial charge is 0.228 e. The molecule has 1 spiro atoms. The average molecular weight is 724 g/mol. The van der Waals surface area contributed by atoms with E-state index in [4.69, 9.17) is 9.97 Å². The molecular formula is C54H33N3. The summed E-state index contributed by atoms with van der Waals surface area (Å²) in [5.41, 5.74) is 19.8. The van der Waals surface area contributed by atoms with Crippen LogP contribution in [0, 0.1) is 11.3 Å². The third-order valence-corrected chi connectivity index (χ3v) is 11.7. The summed E-state index contributed by atoms with van der Waals surface area (Å²) >= 11 is 0. The van der Waals surface area contributed by atoms with Crippen molar-refractivity contribution in [2.75, 3.05) is 0 Å². The minimum Gasteiger partial charge on any atom is -0.228 e. The van der Waals surface area contributed by atoms with Crippen LogP contribution >= 0.6 is 0 Å². The van der Waals surface area contributed by atoms with Crippen LogP contribution in [0.1, 0.15) is 27.8 Å². The minimum absolute atomic E-state index is 0.361. The van der Waals surface area contributed by atoms with Gasteiger partial charge in [-0.05, 0) is 103 Å². The normalized spacial score (nSPS) is 12.7. The summed E-state index contributed by atoms with van der Waals surface area (Å²) < 4.78 is 0. The molecule has 8 aromatic carbocycles. The number of nitriles is 1. The summed E-state index contributed by atoms with van der Waals surface area (Å²) in [6, 6.07) is 73.2. The van der Waals surface area contributed by atoms with Crippen molar-refractivity contribution in [2.45, 2.75) is 5.41 Å². The molecule has 0 aliphatic heterocycles. The fourth-order valence-electron chi connectivity index (χ4n) is 9.22. The highest BCUT2D eigenvalue weighted by Crippen LogP contribution is 2.62. The number of aromatic nitrogens is 2. The number of benzene rings is 8. The van der Waals surface area contributed by atoms with Gasteiger partial charge in [0.25, 0.3) is 0 Å². The Balaban J connectivity index is 1.04. The monoisotopic (exact) mass is 723 g/mol. The maximum absolute atomic E-state index is 9.53. The molecule has 11 rings (SSSR count). The fraction of sp³-hybridized carbons (Fsp3) is 0.0185. The van der Waals surface area contributed by atoms with Gasteiger partial charge in [-0.25, -0.2) is 9.97 Å². The summed E-state index contributed by atoms with van der Waals surface area (Å²) in [7, 11) is 0. The molecule has 2 aliphatic carbocycles. The minimum atomic E-state index is -0.361. The molecule has 0 fully saturated rings. The van der Waals surface area contributed by atoms with E-state index in [9.17, 15) is 5.26 Å². The van der Waals surface area contributed by atoms with Crippen molar-refractivity contribution >= 4 is 0 Å². The van der Waals surface area contributed by atoms with E-state index in [0.717, 1.165) is 50.3 Å². The van der Waals surface area contributed by atoms with Gasteiger partial charge in [-0.3, -0.25) is 0 Å². The lowest BCUT2D eigenvalue weighted by atomic mass is 9.70. The van der Waals surface area contributed by atoms with Crippen molar-refractivity contribution in [3.05, 3.63) is 228 Å². The highest BCUT2D eigenvalue weighted by molar-refractivity contribution is 5.96. The van der Waals surface area contributed by atoms with E-state index in [0.29, 0.717) is 11.4 Å². The first-order valence-electron chi connectivity index (χ1n) is 19.3. The maximum Gasteiger partial charge on any atom is 0.160 e. The molecule has 3 heteroatoms. The Morgan fingerprint density at radius 1 is 0.333 bits per heavy atom. The molecule has 264 valence electrons. The third-order valence-electron chi connectivity index (χ3n) is 11.7. The molecule has 2 aliphatic rings. The van der Waals surface area contributed by atoms with E-state index < -0.39 is 0 Å². The SMILES string of the molecule is N#Cc1cccc(-c2cccc(-c3cc(-c4cccc(-c5ccc6c(c5)-c5ccccc5C65c6ccccc6-c6ccccc65)c4)nc(-c4ccccc4)n3)c2)c1. The molecule has 0 bridgehead atoms. The molecule has 0 radical (unpaired) electrons. The Hall–Kier alpha value is -7.67. The molecule has 0 saturated carbocycles. The second-order valence-corrected chi connectivity index (χ2v) is 14.8. The van der Waals surface area contributed by atoms with Crippen LogP contribution in [-0.4, -0.2) is 9.97 Å². The standard InChI is InChI=1S/C54H33N3/c55-34-35-13-10-16-37(29-35)38-17-11-19-41(30-38)51-33-52(57-53(56-51)36-14-2-1-3-15-36)42-20-12-18-39(31-42)40-27-28-50-46(32-40)45-23-6-9-26-49(45)54(50)47-24-7-4-21-43(47)44-22-5-8-25-48(44)54/h1-33H. The lowest BCUT2D eigenvalue weighted by Gasteiger charge is -2.30. The molecular weight excluding hydrogens is 691 g/mol. The van der Waals surface area contributed by atoms with Gasteiger partial charge in [-0.1, -0.05) is 164 Å². The van der Waals surface area contributed by atoms with Crippen molar-refractivity contribution in [2.24, 2.45) is 0 Å². The third kappa shape index (κ3) is 5.12. The predicted octanol–water partition coefficient (Wildman–Crippen LogP) is 13.0. The Morgan fingerprint density at radius 3 is 1.35 bits per heavy atom. The van der Waals surface area contributed by atoms with Gasteiger partial charge in [0, 0.05) is 16.7 Å². The Kier molecular flexibility index (Phi) is 7.45. The van der Waals surface area contributed by atoms with Gasteiger partial charge >= 0.3 is 0 Å². The second-order valence-electron chi connectivity index (χ2n) is 14.8. The first-order chi connectivity index (χ1) is 28.2. The predicted molar refractivity (Wildman–Crippen MR) is 230 cm³/mol. The molecule has 0 N–H and O–H groups in total. The lowest BCUT2D eigenvalue weighted by Crippen LogP contribution is -2.25. The highest BCUT2D eigenvalue weighted by atomic mass is 14.9. The van der Waals surface area contributed by atoms with E-state index >= 15 is 0 Å². The first-order valence-corrected chi connectivity index (χ1v) is 19.3. The summed E-state index contributed by atoms with van der Waals surface area (Å²) in [5, 5.41) is 9.53. The van der Waals surface area contributed by atoms with E-state index in [-0.39, 0.29) is 5.41 Å². The van der Waals surface area contributed by atoms with Gasteiger partial charge in [-0.15, -0.1) is 0 Å². The number of fused-ring (bicyclic) bond motifs is 10. The zero-order valence-electron chi connectivity index (χ0n) is 30.9. The first kappa shape index (κ1) is 32.7. The molecule has 0 atom stereocenters. The molecule has 0 amide bonds. The fourth-order valence-corrected chi connectivity index (χ4v) is 9.22. The quantitative estimate of drug-likeness (QED) is 0.178. The zero-order valence-corrected chi connectivity index (χ0v) is 30.9. The van der Waals surface area contributed by atoms with Crippen LogP contribution in [0.15, 0.2) is 200 Å². The molecule has 1 aromatic heterocycles. The molecule has 0 saturated heterocycles. The van der Waals surface area contributed by atoms with Crippen LogP contribution in [-0.2, 0) is 5.41 Å². The van der Waals surface area contributed by atoms with E-state index in [2.05, 4.69) is 158 Å². The maximum atomic E-state index is 9.53. The van der Waals surface area contributed by atoms with Crippen molar-refractivity contribution < 1.29 is 0 Å². The van der Waals surface area contributed by atoms with Gasteiger partial charge in [0.2, 0.25) is 0 Å². The molecule has 0 unspecified atom stereocenters. The van der Waals surface area contributed by atoms with Gasteiger partial charge in [-0.2, -0.15) is 5.26 Å². The number of nitrogens with zero attached hydrogens (tertiary/aromatic N) is 3. The van der Waals surface area contributed by atoms with Crippen LogP contribution in [0.4, 0.5) is 0 Å². The lowest BCUT2D eigenvalue weighted by molar-refractivity contribution is 0.794. The van der Waals surface area contributed by atoms with Crippen molar-refractivity contribution in [1.29, 1.82) is 5.26 Å². The summed E-state index contributed by atoms with van der Waals surface area (Å²) in [4.78, 5) is 10.3. The van der Waals surface area contributed by atoms with Crippen LogP contribution in [0.5, 0.6) is 0 Å². The Morgan fingerprint density at radius 2 is 0.772 bits per heavy atom. The number of hydrogen-bond acceptors (Lipinski definition) is 3. The molecule has 3 nitrogen and oxygen atoms in total. The van der Waals surface area contributed by atoms with Crippen LogP contribution in [0.3, 0.4) is 0 Å². The smallest absolute Gasteiger partial charge is 0.160 e. The zero-order chi connectivity index (χ0) is 37.9. The van der Waals surface area contributed by atoms with Crippen molar-refractivity contribution in [3.8, 4) is 84.5 Å². The van der Waals surface area contributed by atoms with Crippen LogP contribution < -0.4 is 0 Å². The number of rotatable bonds is 5. The summed E-state index contributed by atoms with van der Waals surface area (Å²) in [6.07, 6.45) is 0. The van der Waals surface area contributed by atoms with Crippen molar-refractivity contribution in [1.82, 2.24) is 9.97 Å². The topological polar surface area (TPSA) is 49.6 Å². The van der Waals surface area contributed by atoms with E-state index in [1.807, 2.05) is 48.5 Å². The van der Waals surface area contributed by atoms with Gasteiger partial charge in [0.1, 0.15) is 0 Å². The van der Waals surface area contributed by atoms with Crippen LogP contribution in [0.2, 0.25) is 0 Å². The summed E-state index contributed by atoms with van der Waals surface area (Å²) in [5.74, 6) is 0.668. The second kappa shape index (κ2) is 13.0. The number of hydrogen-bond donors (Lipinski definition) is 0.